The Morgan fingerprint density at radius 2 is 1.85 bits per heavy atom. The number of nitrogens with zero attached hydrogens (tertiary/aromatic N) is 1. The Bertz CT molecular complexity index is 464. The predicted octanol–water partition coefficient (Wildman–Crippen LogP) is 2.27. The average Bonchev–Trinajstić information content (AvgIpc) is 2.46. The molecule has 6 nitrogen and oxygen atoms in total. The van der Waals surface area contributed by atoms with Crippen LogP contribution < -0.4 is 20.6 Å². The summed E-state index contributed by atoms with van der Waals surface area (Å²) >= 11 is 0. The van der Waals surface area contributed by atoms with Crippen LogP contribution in [0.15, 0.2) is 23.3 Å². The number of nitrogens with two attached hydrogens (primary N) is 1. The summed E-state index contributed by atoms with van der Waals surface area (Å²) in [6, 6.07) is 4.79. The summed E-state index contributed by atoms with van der Waals surface area (Å²) in [5, 5.41) is 4.06. The number of rotatable bonds is 7. The maximum Gasteiger partial charge on any atom is 0.332 e. The molecule has 0 aromatic heterocycles. The van der Waals surface area contributed by atoms with E-state index < -0.39 is 6.03 Å². The minimum absolute atomic E-state index is 0.669. The molecular weight excluding hydrogens is 258 g/mol. The topological polar surface area (TPSA) is 85.9 Å². The van der Waals surface area contributed by atoms with Crippen molar-refractivity contribution in [2.24, 2.45) is 10.8 Å². The molecule has 110 valence electrons. The lowest BCUT2D eigenvalue weighted by Gasteiger charge is -2.10. The van der Waals surface area contributed by atoms with E-state index in [0.29, 0.717) is 11.5 Å². The number of nitrogens with one attached hydrogen (secondary N) is 1. The first kappa shape index (κ1) is 15.8. The Balaban J connectivity index is 3.10. The molecule has 6 heteroatoms. The highest BCUT2D eigenvalue weighted by Gasteiger charge is 2.09. The zero-order chi connectivity index (χ0) is 15.0. The fraction of sp³-hybridized carbons (Fsp3) is 0.429. The molecule has 20 heavy (non-hydrogen) atoms. The van der Waals surface area contributed by atoms with Gasteiger partial charge < -0.3 is 15.2 Å². The lowest BCUT2D eigenvalue weighted by Crippen LogP contribution is -2.26. The molecule has 0 saturated heterocycles. The number of carbonyl (C=O) groups excluding carboxylic acids is 1. The van der Waals surface area contributed by atoms with Crippen LogP contribution in [0.4, 0.5) is 4.79 Å². The molecule has 0 bridgehead atoms. The first-order valence-electron chi connectivity index (χ1n) is 6.46. The molecule has 3 N–H and O–H groups in total. The molecule has 1 aromatic carbocycles. The van der Waals surface area contributed by atoms with Crippen molar-refractivity contribution >= 4 is 11.7 Å². The van der Waals surface area contributed by atoms with Gasteiger partial charge in [-0.3, -0.25) is 0 Å². The fourth-order valence-corrected chi connectivity index (χ4v) is 1.71. The zero-order valence-electron chi connectivity index (χ0n) is 12.1. The summed E-state index contributed by atoms with van der Waals surface area (Å²) in [5.41, 5.74) is 8.90. The van der Waals surface area contributed by atoms with Crippen molar-refractivity contribution in [3.8, 4) is 11.5 Å². The van der Waals surface area contributed by atoms with Crippen LogP contribution in [0.1, 0.15) is 31.7 Å². The van der Waals surface area contributed by atoms with Crippen LogP contribution in [0.5, 0.6) is 11.5 Å². The minimum atomic E-state index is -0.686. The zero-order valence-corrected chi connectivity index (χ0v) is 12.1. The molecule has 0 spiro atoms. The molecule has 1 rings (SSSR count). The molecule has 2 amide bonds. The molecule has 0 radical (unpaired) electrons. The number of benzene rings is 1. The lowest BCUT2D eigenvalue weighted by molar-refractivity contribution is 0.249. The van der Waals surface area contributed by atoms with Gasteiger partial charge in [-0.05, 0) is 25.0 Å². The first-order chi connectivity index (χ1) is 9.60. The van der Waals surface area contributed by atoms with Gasteiger partial charge in [-0.2, -0.15) is 5.10 Å². The summed E-state index contributed by atoms with van der Waals surface area (Å²) in [5.74, 6) is 1.34. The van der Waals surface area contributed by atoms with Gasteiger partial charge in [-0.1, -0.05) is 13.3 Å². The van der Waals surface area contributed by atoms with Gasteiger partial charge in [0.2, 0.25) is 0 Å². The van der Waals surface area contributed by atoms with Crippen LogP contribution in [-0.4, -0.2) is 26.0 Å². The highest BCUT2D eigenvalue weighted by molar-refractivity contribution is 6.01. The average molecular weight is 279 g/mol. The quantitative estimate of drug-likeness (QED) is 0.593. The van der Waals surface area contributed by atoms with Crippen molar-refractivity contribution in [3.63, 3.8) is 0 Å². The number of methoxy groups -OCH3 is 2. The van der Waals surface area contributed by atoms with Gasteiger partial charge >= 0.3 is 6.03 Å². The van der Waals surface area contributed by atoms with Gasteiger partial charge in [-0.25, -0.2) is 10.2 Å². The van der Waals surface area contributed by atoms with Crippen molar-refractivity contribution in [1.29, 1.82) is 0 Å². The largest absolute Gasteiger partial charge is 0.497 e. The van der Waals surface area contributed by atoms with E-state index in [1.807, 2.05) is 12.1 Å². The maximum absolute atomic E-state index is 10.8. The predicted molar refractivity (Wildman–Crippen MR) is 78.3 cm³/mol. The summed E-state index contributed by atoms with van der Waals surface area (Å²) in [7, 11) is 3.17. The minimum Gasteiger partial charge on any atom is -0.497 e. The van der Waals surface area contributed by atoms with Gasteiger partial charge in [0, 0.05) is 11.6 Å². The van der Waals surface area contributed by atoms with E-state index in [0.717, 1.165) is 30.5 Å². The van der Waals surface area contributed by atoms with Crippen LogP contribution in [0.25, 0.3) is 0 Å². The second-order valence-electron chi connectivity index (χ2n) is 4.24. The van der Waals surface area contributed by atoms with Gasteiger partial charge in [0.25, 0.3) is 0 Å². The van der Waals surface area contributed by atoms with E-state index in [4.69, 9.17) is 15.2 Å². The Morgan fingerprint density at radius 1 is 1.25 bits per heavy atom. The number of carbonyl (C=O) groups is 1. The van der Waals surface area contributed by atoms with Crippen molar-refractivity contribution in [3.05, 3.63) is 23.8 Å². The van der Waals surface area contributed by atoms with Gasteiger partial charge in [0.1, 0.15) is 11.5 Å². The number of ether oxygens (including phenoxy) is 2. The highest BCUT2D eigenvalue weighted by atomic mass is 16.5. The van der Waals surface area contributed by atoms with E-state index >= 15 is 0 Å². The van der Waals surface area contributed by atoms with Crippen molar-refractivity contribution < 1.29 is 14.3 Å². The van der Waals surface area contributed by atoms with E-state index in [1.165, 1.54) is 0 Å². The summed E-state index contributed by atoms with van der Waals surface area (Å²) < 4.78 is 10.5. The smallest absolute Gasteiger partial charge is 0.332 e. The number of hydrogen-bond acceptors (Lipinski definition) is 4. The van der Waals surface area contributed by atoms with Crippen LogP contribution in [0.3, 0.4) is 0 Å². The maximum atomic E-state index is 10.8. The molecule has 0 unspecified atom stereocenters. The number of unbranched alkanes of at least 4 members (excludes halogenated alkanes) is 1. The molecule has 0 aliphatic heterocycles. The SMILES string of the molecule is CCCC/C(=N\NC(N)=O)c1cc(OC)cc(OC)c1. The third-order valence-corrected chi connectivity index (χ3v) is 2.75. The molecule has 0 saturated carbocycles. The number of hydrogen-bond donors (Lipinski definition) is 2. The molecule has 0 fully saturated rings. The van der Waals surface area contributed by atoms with Crippen LogP contribution in [-0.2, 0) is 0 Å². The molecule has 0 aliphatic carbocycles. The van der Waals surface area contributed by atoms with Crippen LogP contribution in [0.2, 0.25) is 0 Å². The van der Waals surface area contributed by atoms with E-state index in [2.05, 4.69) is 17.5 Å². The van der Waals surface area contributed by atoms with Crippen LogP contribution in [0, 0.1) is 0 Å². The van der Waals surface area contributed by atoms with Crippen LogP contribution >= 0.6 is 0 Å². The van der Waals surface area contributed by atoms with Crippen molar-refractivity contribution in [1.82, 2.24) is 5.43 Å². The Kier molecular flexibility index (Phi) is 6.36. The monoisotopic (exact) mass is 279 g/mol. The summed E-state index contributed by atoms with van der Waals surface area (Å²) in [6.07, 6.45) is 2.71. The van der Waals surface area contributed by atoms with E-state index in [1.54, 1.807) is 20.3 Å². The molecule has 0 heterocycles. The molecule has 0 atom stereocenters. The van der Waals surface area contributed by atoms with Crippen molar-refractivity contribution in [2.75, 3.05) is 14.2 Å². The molecule has 0 aliphatic rings. The van der Waals surface area contributed by atoms with E-state index in [9.17, 15) is 4.79 Å². The van der Waals surface area contributed by atoms with E-state index in [-0.39, 0.29) is 0 Å². The molecular formula is C14H21N3O3. The number of primary amides is 1. The third-order valence-electron chi connectivity index (χ3n) is 2.75. The molecule has 1 aromatic rings. The normalized spacial score (nSPS) is 11.1. The first-order valence-corrected chi connectivity index (χ1v) is 6.46. The van der Waals surface area contributed by atoms with Gasteiger partial charge in [0.05, 0.1) is 19.9 Å². The number of amides is 2. The highest BCUT2D eigenvalue weighted by Crippen LogP contribution is 2.24. The summed E-state index contributed by atoms with van der Waals surface area (Å²) in [4.78, 5) is 10.8. The Hall–Kier alpha value is -2.24. The Labute approximate surface area is 118 Å². The fourth-order valence-electron chi connectivity index (χ4n) is 1.71. The number of urea groups is 1. The lowest BCUT2D eigenvalue weighted by atomic mass is 10.0. The third kappa shape index (κ3) is 4.79. The second kappa shape index (κ2) is 8.04. The standard InChI is InChI=1S/C14H21N3O3/c1-4-5-6-13(16-17-14(15)18)10-7-11(19-2)9-12(8-10)20-3/h7-9H,4-6H2,1-3H3,(H3,15,17,18)/b16-13+. The second-order valence-corrected chi connectivity index (χ2v) is 4.24. The van der Waals surface area contributed by atoms with Gasteiger partial charge in [0.15, 0.2) is 0 Å². The van der Waals surface area contributed by atoms with Crippen molar-refractivity contribution in [2.45, 2.75) is 26.2 Å². The Morgan fingerprint density at radius 3 is 2.30 bits per heavy atom. The summed E-state index contributed by atoms with van der Waals surface area (Å²) in [6.45, 7) is 2.09. The number of hydrazone groups is 1. The van der Waals surface area contributed by atoms with Gasteiger partial charge in [-0.15, -0.1) is 0 Å².